The van der Waals surface area contributed by atoms with Crippen LogP contribution in [0.1, 0.15) is 29.3 Å². The molecule has 0 aliphatic rings. The van der Waals surface area contributed by atoms with Gasteiger partial charge >= 0.3 is 5.97 Å². The summed E-state index contributed by atoms with van der Waals surface area (Å²) in [6, 6.07) is 15.1. The number of carbonyl (C=O) groups excluding carboxylic acids is 3. The number of hydrogen-bond acceptors (Lipinski definition) is 5. The highest BCUT2D eigenvalue weighted by Gasteiger charge is 2.22. The molecule has 0 saturated heterocycles. The van der Waals surface area contributed by atoms with Crippen LogP contribution in [-0.2, 0) is 20.7 Å². The van der Waals surface area contributed by atoms with E-state index in [2.05, 4.69) is 5.32 Å². The molecule has 1 atom stereocenters. The number of benzene rings is 2. The van der Waals surface area contributed by atoms with E-state index in [-0.39, 0.29) is 12.4 Å². The Balaban J connectivity index is 1.91. The largest absolute Gasteiger partial charge is 0.484 e. The molecule has 0 unspecified atom stereocenters. The summed E-state index contributed by atoms with van der Waals surface area (Å²) in [5.74, 6) is -0.443. The van der Waals surface area contributed by atoms with Crippen molar-refractivity contribution in [3.63, 3.8) is 0 Å². The number of ether oxygens (including phenoxy) is 2. The summed E-state index contributed by atoms with van der Waals surface area (Å²) < 4.78 is 10.2. The van der Waals surface area contributed by atoms with Gasteiger partial charge in [-0.2, -0.15) is 0 Å². The summed E-state index contributed by atoms with van der Waals surface area (Å²) in [6.07, 6.45) is 0.756. The molecule has 1 N–H and O–H groups in total. The van der Waals surface area contributed by atoms with Crippen molar-refractivity contribution in [3.05, 3.63) is 65.7 Å². The minimum Gasteiger partial charge on any atom is -0.484 e. The Hall–Kier alpha value is -3.15. The van der Waals surface area contributed by atoms with Gasteiger partial charge in [0.1, 0.15) is 11.8 Å². The number of methoxy groups -OCH3 is 1. The van der Waals surface area contributed by atoms with Gasteiger partial charge in [0.15, 0.2) is 12.4 Å². The van der Waals surface area contributed by atoms with E-state index >= 15 is 0 Å². The quantitative estimate of drug-likeness (QED) is 0.543. The second-order valence-electron chi connectivity index (χ2n) is 5.92. The van der Waals surface area contributed by atoms with Crippen molar-refractivity contribution in [2.45, 2.75) is 25.8 Å². The maximum absolute atomic E-state index is 12.2. The Morgan fingerprint density at radius 2 is 1.67 bits per heavy atom. The van der Waals surface area contributed by atoms with E-state index < -0.39 is 17.9 Å². The van der Waals surface area contributed by atoms with Crippen LogP contribution in [0.5, 0.6) is 5.75 Å². The molecule has 0 aliphatic heterocycles. The Labute approximate surface area is 158 Å². The molecule has 6 heteroatoms. The Kier molecular flexibility index (Phi) is 7.55. The van der Waals surface area contributed by atoms with E-state index in [4.69, 9.17) is 9.47 Å². The zero-order valence-electron chi connectivity index (χ0n) is 15.4. The van der Waals surface area contributed by atoms with Crippen molar-refractivity contribution in [2.24, 2.45) is 0 Å². The molecule has 0 fully saturated rings. The average molecular weight is 369 g/mol. The molecule has 2 aromatic carbocycles. The minimum atomic E-state index is -0.793. The number of esters is 1. The summed E-state index contributed by atoms with van der Waals surface area (Å²) in [7, 11) is 1.28. The fourth-order valence-corrected chi connectivity index (χ4v) is 2.51. The fraction of sp³-hybridized carbons (Fsp3) is 0.286. The number of nitrogens with one attached hydrogen (secondary N) is 1. The number of ketones is 1. The molecular weight excluding hydrogens is 346 g/mol. The molecule has 1 amide bonds. The Morgan fingerprint density at radius 1 is 1.00 bits per heavy atom. The first-order valence-corrected chi connectivity index (χ1v) is 8.70. The van der Waals surface area contributed by atoms with Crippen LogP contribution in [0.2, 0.25) is 0 Å². The van der Waals surface area contributed by atoms with Crippen LogP contribution >= 0.6 is 0 Å². The second-order valence-corrected chi connectivity index (χ2v) is 5.92. The average Bonchev–Trinajstić information content (AvgIpc) is 2.71. The highest BCUT2D eigenvalue weighted by molar-refractivity contribution is 5.95. The normalized spacial score (nSPS) is 11.3. The molecule has 0 saturated carbocycles. The zero-order chi connectivity index (χ0) is 19.6. The highest BCUT2D eigenvalue weighted by atomic mass is 16.5. The van der Waals surface area contributed by atoms with Crippen LogP contribution in [0.4, 0.5) is 0 Å². The summed E-state index contributed by atoms with van der Waals surface area (Å²) in [6.45, 7) is 1.55. The molecule has 2 aromatic rings. The van der Waals surface area contributed by atoms with E-state index in [1.165, 1.54) is 7.11 Å². The third kappa shape index (κ3) is 6.26. The van der Waals surface area contributed by atoms with Gasteiger partial charge in [-0.1, -0.05) is 37.3 Å². The predicted molar refractivity (Wildman–Crippen MR) is 101 cm³/mol. The van der Waals surface area contributed by atoms with Gasteiger partial charge in [0.25, 0.3) is 5.91 Å². The van der Waals surface area contributed by atoms with Crippen molar-refractivity contribution in [2.75, 3.05) is 13.7 Å². The first kappa shape index (κ1) is 20.2. The van der Waals surface area contributed by atoms with Gasteiger partial charge < -0.3 is 14.8 Å². The van der Waals surface area contributed by atoms with Crippen LogP contribution < -0.4 is 10.1 Å². The van der Waals surface area contributed by atoms with Gasteiger partial charge in [-0.25, -0.2) is 4.79 Å². The number of carbonyl (C=O) groups is 3. The smallest absolute Gasteiger partial charge is 0.328 e. The van der Waals surface area contributed by atoms with Crippen LogP contribution in [0.25, 0.3) is 0 Å². The van der Waals surface area contributed by atoms with Crippen molar-refractivity contribution >= 4 is 17.7 Å². The third-order valence-electron chi connectivity index (χ3n) is 3.97. The maximum Gasteiger partial charge on any atom is 0.328 e. The van der Waals surface area contributed by atoms with E-state index in [0.717, 1.165) is 5.56 Å². The summed E-state index contributed by atoms with van der Waals surface area (Å²) in [4.78, 5) is 35.7. The van der Waals surface area contributed by atoms with Crippen molar-refractivity contribution in [1.29, 1.82) is 0 Å². The molecule has 0 bridgehead atoms. The van der Waals surface area contributed by atoms with Gasteiger partial charge in [0.05, 0.1) is 7.11 Å². The van der Waals surface area contributed by atoms with Gasteiger partial charge in [-0.15, -0.1) is 0 Å². The van der Waals surface area contributed by atoms with Crippen molar-refractivity contribution < 1.29 is 23.9 Å². The van der Waals surface area contributed by atoms with Crippen molar-refractivity contribution in [3.8, 4) is 5.75 Å². The number of hydrogen-bond donors (Lipinski definition) is 1. The van der Waals surface area contributed by atoms with Gasteiger partial charge in [0, 0.05) is 18.4 Å². The fourth-order valence-electron chi connectivity index (χ4n) is 2.51. The maximum atomic E-state index is 12.2. The number of amides is 1. The van der Waals surface area contributed by atoms with Gasteiger partial charge in [-0.05, 0) is 29.8 Å². The lowest BCUT2D eigenvalue weighted by molar-refractivity contribution is -0.145. The molecule has 2 rings (SSSR count). The lowest BCUT2D eigenvalue weighted by Crippen LogP contribution is -2.44. The van der Waals surface area contributed by atoms with Gasteiger partial charge in [-0.3, -0.25) is 9.59 Å². The van der Waals surface area contributed by atoms with Crippen LogP contribution in [-0.4, -0.2) is 37.4 Å². The predicted octanol–water partition coefficient (Wildman–Crippen LogP) is 2.56. The monoisotopic (exact) mass is 369 g/mol. The lowest BCUT2D eigenvalue weighted by Gasteiger charge is -2.17. The first-order chi connectivity index (χ1) is 13.0. The highest BCUT2D eigenvalue weighted by Crippen LogP contribution is 2.13. The summed E-state index contributed by atoms with van der Waals surface area (Å²) in [5.41, 5.74) is 1.51. The molecule has 0 spiro atoms. The SMILES string of the molecule is CCC(=O)c1ccc(OCC(=O)N[C@@H](Cc2ccccc2)C(=O)OC)cc1. The summed E-state index contributed by atoms with van der Waals surface area (Å²) >= 11 is 0. The van der Waals surface area contributed by atoms with E-state index in [0.29, 0.717) is 24.2 Å². The Bertz CT molecular complexity index is 771. The van der Waals surface area contributed by atoms with E-state index in [1.54, 1.807) is 31.2 Å². The Morgan fingerprint density at radius 3 is 2.26 bits per heavy atom. The zero-order valence-corrected chi connectivity index (χ0v) is 15.4. The molecular formula is C21H23NO5. The molecule has 0 aromatic heterocycles. The van der Waals surface area contributed by atoms with Gasteiger partial charge in [0.2, 0.25) is 0 Å². The number of rotatable bonds is 9. The molecule has 0 heterocycles. The second kappa shape index (κ2) is 10.1. The minimum absolute atomic E-state index is 0.0427. The van der Waals surface area contributed by atoms with Crippen LogP contribution in [0.15, 0.2) is 54.6 Å². The molecule has 0 aliphatic carbocycles. The first-order valence-electron chi connectivity index (χ1n) is 8.70. The standard InChI is InChI=1S/C21H23NO5/c1-3-19(23)16-9-11-17(12-10-16)27-14-20(24)22-18(21(25)26-2)13-15-7-5-4-6-8-15/h4-12,18H,3,13-14H2,1-2H3,(H,22,24)/t18-/m0/s1. The molecule has 142 valence electrons. The number of Topliss-reactive ketones (excluding diaryl/α,β-unsaturated/α-hetero) is 1. The summed E-state index contributed by atoms with van der Waals surface area (Å²) in [5, 5.41) is 2.63. The van der Waals surface area contributed by atoms with E-state index in [9.17, 15) is 14.4 Å². The molecule has 6 nitrogen and oxygen atoms in total. The third-order valence-corrected chi connectivity index (χ3v) is 3.97. The van der Waals surface area contributed by atoms with Crippen molar-refractivity contribution in [1.82, 2.24) is 5.32 Å². The topological polar surface area (TPSA) is 81.7 Å². The van der Waals surface area contributed by atoms with Crippen LogP contribution in [0, 0.1) is 0 Å². The van der Waals surface area contributed by atoms with Crippen LogP contribution in [0.3, 0.4) is 0 Å². The van der Waals surface area contributed by atoms with E-state index in [1.807, 2.05) is 30.3 Å². The molecule has 27 heavy (non-hydrogen) atoms. The molecule has 0 radical (unpaired) electrons. The lowest BCUT2D eigenvalue weighted by atomic mass is 10.1.